The lowest BCUT2D eigenvalue weighted by Gasteiger charge is -2.19. The van der Waals surface area contributed by atoms with Crippen molar-refractivity contribution in [2.45, 2.75) is 44.6 Å². The number of nitrogens with zero attached hydrogens (tertiary/aromatic N) is 1. The number of rotatable bonds is 8. The summed E-state index contributed by atoms with van der Waals surface area (Å²) in [6.07, 6.45) is 10.0. The van der Waals surface area contributed by atoms with Crippen molar-refractivity contribution >= 4 is 29.4 Å². The maximum atomic E-state index is 12.8. The van der Waals surface area contributed by atoms with E-state index < -0.39 is 6.10 Å². The normalized spacial score (nSPS) is 25.9. The number of allylic oxidation sites excluding steroid dienone is 3. The summed E-state index contributed by atoms with van der Waals surface area (Å²) in [6.45, 7) is 0. The number of hydrogen-bond acceptors (Lipinski definition) is 3. The molecule has 5 heteroatoms. The second-order valence-electron chi connectivity index (χ2n) is 8.47. The third-order valence-corrected chi connectivity index (χ3v) is 6.38. The minimum Gasteiger partial charge on any atom is -0.392 e. The molecule has 0 aliphatic heterocycles. The molecule has 2 aliphatic rings. The van der Waals surface area contributed by atoms with Crippen molar-refractivity contribution in [2.75, 3.05) is 14.1 Å². The van der Waals surface area contributed by atoms with Crippen LogP contribution in [0.4, 0.5) is 0 Å². The molecular weight excluding hydrogens is 386 g/mol. The summed E-state index contributed by atoms with van der Waals surface area (Å²) in [4.78, 5) is 26.1. The summed E-state index contributed by atoms with van der Waals surface area (Å²) in [5.41, 5.74) is 2.26. The van der Waals surface area contributed by atoms with Crippen molar-refractivity contribution in [3.63, 3.8) is 0 Å². The Balaban J connectivity index is 1.53. The Bertz CT molecular complexity index is 814. The van der Waals surface area contributed by atoms with Gasteiger partial charge in [-0.25, -0.2) is 0 Å². The zero-order valence-electron chi connectivity index (χ0n) is 17.2. The molecule has 0 spiro atoms. The van der Waals surface area contributed by atoms with E-state index in [4.69, 9.17) is 11.6 Å². The van der Waals surface area contributed by atoms with Crippen molar-refractivity contribution in [3.05, 3.63) is 52.6 Å². The maximum Gasteiger partial charge on any atom is 0.222 e. The quantitative estimate of drug-likeness (QED) is 0.386. The second kappa shape index (κ2) is 9.73. The van der Waals surface area contributed by atoms with Crippen LogP contribution in [0.2, 0.25) is 5.02 Å². The largest absolute Gasteiger partial charge is 0.392 e. The molecule has 1 aromatic carbocycles. The Morgan fingerprint density at radius 1 is 1.28 bits per heavy atom. The third-order valence-electron chi connectivity index (χ3n) is 6.14. The van der Waals surface area contributed by atoms with Crippen LogP contribution in [0.25, 0.3) is 6.08 Å². The summed E-state index contributed by atoms with van der Waals surface area (Å²) in [7, 11) is 3.57. The van der Waals surface area contributed by atoms with E-state index in [0.717, 1.165) is 31.2 Å². The van der Waals surface area contributed by atoms with Crippen LogP contribution >= 0.6 is 11.6 Å². The Morgan fingerprint density at radius 2 is 2.07 bits per heavy atom. The van der Waals surface area contributed by atoms with E-state index in [2.05, 4.69) is 6.08 Å². The number of amides is 1. The number of fused-ring (bicyclic) bond motifs is 1. The number of carbonyl (C=O) groups excluding carboxylic acids is 2. The molecule has 0 radical (unpaired) electrons. The lowest BCUT2D eigenvalue weighted by atomic mass is 9.86. The predicted molar refractivity (Wildman–Crippen MR) is 116 cm³/mol. The van der Waals surface area contributed by atoms with E-state index in [1.54, 1.807) is 37.2 Å². The lowest BCUT2D eigenvalue weighted by molar-refractivity contribution is -0.128. The third kappa shape index (κ3) is 5.58. The lowest BCUT2D eigenvalue weighted by Crippen LogP contribution is -2.27. The Kier molecular flexibility index (Phi) is 7.31. The van der Waals surface area contributed by atoms with Gasteiger partial charge in [-0.15, -0.1) is 0 Å². The number of halogens is 1. The van der Waals surface area contributed by atoms with Crippen molar-refractivity contribution in [2.24, 2.45) is 17.8 Å². The maximum absolute atomic E-state index is 12.8. The predicted octanol–water partition coefficient (Wildman–Crippen LogP) is 4.51. The molecule has 29 heavy (non-hydrogen) atoms. The van der Waals surface area contributed by atoms with Crippen LogP contribution < -0.4 is 0 Å². The molecule has 2 aliphatic carbocycles. The molecular formula is C24H30ClNO3. The van der Waals surface area contributed by atoms with E-state index in [1.807, 2.05) is 18.2 Å². The summed E-state index contributed by atoms with van der Waals surface area (Å²) >= 11 is 6.00. The zero-order valence-corrected chi connectivity index (χ0v) is 17.9. The summed E-state index contributed by atoms with van der Waals surface area (Å²) in [5.74, 6) is 0.315. The number of aliphatic hydroxyl groups excluding tert-OH is 1. The molecule has 4 atom stereocenters. The number of benzene rings is 1. The monoisotopic (exact) mass is 415 g/mol. The molecule has 0 bridgehead atoms. The van der Waals surface area contributed by atoms with E-state index >= 15 is 0 Å². The van der Waals surface area contributed by atoms with E-state index in [-0.39, 0.29) is 29.4 Å². The fraction of sp³-hybridized carbons (Fsp3) is 0.500. The van der Waals surface area contributed by atoms with Crippen LogP contribution in [0.1, 0.15) is 44.1 Å². The smallest absolute Gasteiger partial charge is 0.222 e. The van der Waals surface area contributed by atoms with E-state index in [9.17, 15) is 14.7 Å². The number of ketones is 1. The van der Waals surface area contributed by atoms with Crippen molar-refractivity contribution in [1.29, 1.82) is 0 Å². The molecule has 1 saturated carbocycles. The zero-order chi connectivity index (χ0) is 21.0. The van der Waals surface area contributed by atoms with Gasteiger partial charge in [0.2, 0.25) is 5.91 Å². The fourth-order valence-electron chi connectivity index (χ4n) is 4.63. The number of aliphatic hydroxyl groups is 1. The molecule has 4 nitrogen and oxygen atoms in total. The highest BCUT2D eigenvalue weighted by atomic mass is 35.5. The fourth-order valence-corrected chi connectivity index (χ4v) is 4.83. The van der Waals surface area contributed by atoms with Crippen LogP contribution in [0.5, 0.6) is 0 Å². The molecule has 1 aromatic rings. The highest BCUT2D eigenvalue weighted by Gasteiger charge is 2.47. The van der Waals surface area contributed by atoms with Crippen molar-refractivity contribution in [3.8, 4) is 0 Å². The van der Waals surface area contributed by atoms with Gasteiger partial charge in [0.25, 0.3) is 0 Å². The first-order valence-corrected chi connectivity index (χ1v) is 10.8. The molecule has 1 N–H and O–H groups in total. The van der Waals surface area contributed by atoms with Crippen molar-refractivity contribution < 1.29 is 14.7 Å². The summed E-state index contributed by atoms with van der Waals surface area (Å²) in [5, 5.41) is 11.1. The first-order valence-electron chi connectivity index (χ1n) is 10.4. The van der Waals surface area contributed by atoms with Gasteiger partial charge in [-0.2, -0.15) is 0 Å². The molecule has 3 rings (SSSR count). The van der Waals surface area contributed by atoms with Gasteiger partial charge in [-0.05, 0) is 67.7 Å². The van der Waals surface area contributed by atoms with Gasteiger partial charge in [0.05, 0.1) is 12.0 Å². The minimum atomic E-state index is -0.572. The molecule has 156 valence electrons. The second-order valence-corrected chi connectivity index (χ2v) is 8.91. The van der Waals surface area contributed by atoms with Crippen LogP contribution in [0, 0.1) is 17.8 Å². The van der Waals surface area contributed by atoms with E-state index in [1.165, 1.54) is 5.57 Å². The summed E-state index contributed by atoms with van der Waals surface area (Å²) in [6, 6.07) is 7.37. The molecule has 1 fully saturated rings. The van der Waals surface area contributed by atoms with Crippen LogP contribution in [-0.2, 0) is 9.59 Å². The van der Waals surface area contributed by atoms with Gasteiger partial charge >= 0.3 is 0 Å². The highest BCUT2D eigenvalue weighted by molar-refractivity contribution is 6.30. The van der Waals surface area contributed by atoms with Gasteiger partial charge in [-0.1, -0.05) is 41.5 Å². The number of hydrogen-bond donors (Lipinski definition) is 1. The number of carbonyl (C=O) groups is 2. The van der Waals surface area contributed by atoms with E-state index in [0.29, 0.717) is 17.9 Å². The topological polar surface area (TPSA) is 57.6 Å². The first-order chi connectivity index (χ1) is 13.8. The molecule has 0 aromatic heterocycles. The SMILES string of the molecule is CN(C)C(=O)CCCCC1=C[C@H]2C[C@@H](O)[C@H](C(=O)/C=C/c3cccc(Cl)c3)[C@H]2C1. The Morgan fingerprint density at radius 3 is 2.79 bits per heavy atom. The standard InChI is InChI=1S/C24H30ClNO3/c1-26(2)23(29)9-4-3-6-17-12-18-15-22(28)24(20(18)14-17)21(27)11-10-16-7-5-8-19(25)13-16/h5,7-8,10-13,18,20,22,24,28H,3-4,6,9,14-15H2,1-2H3/b11-10+/t18-,20-,22+,24-/m0/s1. The Hall–Kier alpha value is -1.91. The van der Waals surface area contributed by atoms with Crippen LogP contribution in [-0.4, -0.2) is 41.9 Å². The molecule has 0 heterocycles. The van der Waals surface area contributed by atoms with Gasteiger partial charge < -0.3 is 10.0 Å². The average Bonchev–Trinajstić information content (AvgIpc) is 3.18. The van der Waals surface area contributed by atoms with Crippen LogP contribution in [0.3, 0.4) is 0 Å². The van der Waals surface area contributed by atoms with Gasteiger partial charge in [0.1, 0.15) is 0 Å². The van der Waals surface area contributed by atoms with Crippen molar-refractivity contribution in [1.82, 2.24) is 4.90 Å². The van der Waals surface area contributed by atoms with Gasteiger partial charge in [0, 0.05) is 25.5 Å². The molecule has 0 unspecified atom stereocenters. The average molecular weight is 416 g/mol. The van der Waals surface area contributed by atoms with Gasteiger partial charge in [-0.3, -0.25) is 9.59 Å². The molecule has 0 saturated heterocycles. The van der Waals surface area contributed by atoms with Gasteiger partial charge in [0.15, 0.2) is 5.78 Å². The number of unbranched alkanes of at least 4 members (excludes halogenated alkanes) is 1. The Labute approximate surface area is 178 Å². The first kappa shape index (κ1) is 21.8. The van der Waals surface area contributed by atoms with Crippen LogP contribution in [0.15, 0.2) is 42.0 Å². The minimum absolute atomic E-state index is 0.00351. The highest BCUT2D eigenvalue weighted by Crippen LogP contribution is 2.48. The molecule has 1 amide bonds. The summed E-state index contributed by atoms with van der Waals surface area (Å²) < 4.78 is 0.